The summed E-state index contributed by atoms with van der Waals surface area (Å²) >= 11 is 0. The van der Waals surface area contributed by atoms with Gasteiger partial charge in [0.15, 0.2) is 6.61 Å². The van der Waals surface area contributed by atoms with Gasteiger partial charge in [0.05, 0.1) is 20.8 Å². The maximum Gasteiger partial charge on any atom is 0.331 e. The molecule has 0 unspecified atom stereocenters. The number of methoxy groups -OCH3 is 2. The number of nitrogens with zero attached hydrogens (tertiary/aromatic N) is 1. The summed E-state index contributed by atoms with van der Waals surface area (Å²) in [5.74, 6) is -0.292. The second-order valence-corrected chi connectivity index (χ2v) is 7.10. The van der Waals surface area contributed by atoms with Crippen molar-refractivity contribution in [2.24, 2.45) is 0 Å². The molecule has 0 saturated carbocycles. The van der Waals surface area contributed by atoms with E-state index in [0.29, 0.717) is 17.1 Å². The van der Waals surface area contributed by atoms with Gasteiger partial charge in [0, 0.05) is 24.2 Å². The highest BCUT2D eigenvalue weighted by molar-refractivity contribution is 5.90. The van der Waals surface area contributed by atoms with Crippen LogP contribution >= 0.6 is 0 Å². The van der Waals surface area contributed by atoms with E-state index in [4.69, 9.17) is 14.2 Å². The Morgan fingerprint density at radius 2 is 1.82 bits per heavy atom. The summed E-state index contributed by atoms with van der Waals surface area (Å²) in [4.78, 5) is 36.9. The van der Waals surface area contributed by atoms with E-state index in [9.17, 15) is 14.4 Å². The van der Waals surface area contributed by atoms with Crippen LogP contribution in [0.4, 0.5) is 0 Å². The Hall–Kier alpha value is -3.03. The Morgan fingerprint density at radius 3 is 2.39 bits per heavy atom. The minimum atomic E-state index is -0.689. The first-order chi connectivity index (χ1) is 13.1. The number of likely N-dealkylation sites (N-methyl/N-ethyl adjacent to an activating group) is 1. The van der Waals surface area contributed by atoms with Crippen LogP contribution in [0.5, 0.6) is 11.5 Å². The van der Waals surface area contributed by atoms with Gasteiger partial charge in [-0.15, -0.1) is 0 Å². The van der Waals surface area contributed by atoms with E-state index in [0.717, 1.165) is 0 Å². The van der Waals surface area contributed by atoms with Crippen molar-refractivity contribution in [1.82, 2.24) is 10.2 Å². The lowest BCUT2D eigenvalue weighted by Gasteiger charge is -2.23. The monoisotopic (exact) mass is 392 g/mol. The van der Waals surface area contributed by atoms with E-state index in [1.807, 2.05) is 20.8 Å². The van der Waals surface area contributed by atoms with Crippen LogP contribution in [-0.2, 0) is 19.1 Å². The highest BCUT2D eigenvalue weighted by atomic mass is 16.5. The number of esters is 1. The lowest BCUT2D eigenvalue weighted by molar-refractivity contribution is -0.148. The summed E-state index contributed by atoms with van der Waals surface area (Å²) in [6, 6.07) is 5.15. The van der Waals surface area contributed by atoms with Crippen molar-refractivity contribution in [1.29, 1.82) is 0 Å². The minimum Gasteiger partial charge on any atom is -0.497 e. The van der Waals surface area contributed by atoms with Gasteiger partial charge in [0.2, 0.25) is 5.91 Å². The molecule has 28 heavy (non-hydrogen) atoms. The topological polar surface area (TPSA) is 94.2 Å². The highest BCUT2D eigenvalue weighted by Gasteiger charge is 2.18. The van der Waals surface area contributed by atoms with Crippen molar-refractivity contribution in [2.45, 2.75) is 26.3 Å². The number of carbonyl (C=O) groups excluding carboxylic acids is 3. The van der Waals surface area contributed by atoms with E-state index in [1.165, 1.54) is 38.3 Å². The van der Waals surface area contributed by atoms with Crippen LogP contribution in [0.2, 0.25) is 0 Å². The maximum atomic E-state index is 12.0. The molecule has 0 fully saturated rings. The predicted octanol–water partition coefficient (Wildman–Crippen LogP) is 1.63. The number of amides is 2. The average molecular weight is 392 g/mol. The van der Waals surface area contributed by atoms with Gasteiger partial charge in [0.1, 0.15) is 11.5 Å². The fraction of sp³-hybridized carbons (Fsp3) is 0.450. The summed E-state index contributed by atoms with van der Waals surface area (Å²) in [7, 11) is 4.52. The van der Waals surface area contributed by atoms with Crippen LogP contribution in [0.25, 0.3) is 6.08 Å². The molecule has 0 aromatic heterocycles. The van der Waals surface area contributed by atoms with Crippen LogP contribution < -0.4 is 14.8 Å². The summed E-state index contributed by atoms with van der Waals surface area (Å²) in [6.45, 7) is 4.96. The number of ether oxygens (including phenoxy) is 3. The number of hydrogen-bond acceptors (Lipinski definition) is 6. The standard InChI is InChI=1S/C20H28N2O6/c1-20(2,3)21-17(23)12-22(4)18(24)13-28-19(25)10-7-14-11-15(26-5)8-9-16(14)27-6/h7-11H,12-13H2,1-6H3,(H,21,23)/b10-7+. The molecule has 0 heterocycles. The van der Waals surface area contributed by atoms with Crippen LogP contribution in [0.1, 0.15) is 26.3 Å². The summed E-state index contributed by atoms with van der Waals surface area (Å²) in [5.41, 5.74) is 0.237. The number of rotatable bonds is 8. The van der Waals surface area contributed by atoms with Crippen molar-refractivity contribution >= 4 is 23.9 Å². The zero-order chi connectivity index (χ0) is 21.3. The molecule has 0 aliphatic rings. The molecule has 0 radical (unpaired) electrons. The van der Waals surface area contributed by atoms with Gasteiger partial charge in [-0.3, -0.25) is 9.59 Å². The molecule has 0 spiro atoms. The van der Waals surface area contributed by atoms with Crippen LogP contribution in [0.3, 0.4) is 0 Å². The fourth-order valence-corrected chi connectivity index (χ4v) is 2.18. The largest absolute Gasteiger partial charge is 0.497 e. The van der Waals surface area contributed by atoms with E-state index in [2.05, 4.69) is 5.32 Å². The fourth-order valence-electron chi connectivity index (χ4n) is 2.18. The minimum absolute atomic E-state index is 0.121. The number of benzene rings is 1. The highest BCUT2D eigenvalue weighted by Crippen LogP contribution is 2.25. The third kappa shape index (κ3) is 8.11. The third-order valence-electron chi connectivity index (χ3n) is 3.49. The quantitative estimate of drug-likeness (QED) is 0.534. The van der Waals surface area contributed by atoms with E-state index >= 15 is 0 Å². The molecule has 0 aliphatic heterocycles. The summed E-state index contributed by atoms with van der Waals surface area (Å²) in [5, 5.41) is 2.75. The molecule has 0 saturated heterocycles. The maximum absolute atomic E-state index is 12.0. The SMILES string of the molecule is COc1ccc(OC)c(/C=C/C(=O)OCC(=O)N(C)CC(=O)NC(C)(C)C)c1. The van der Waals surface area contributed by atoms with Crippen molar-refractivity contribution in [3.63, 3.8) is 0 Å². The number of carbonyl (C=O) groups is 3. The molecule has 8 heteroatoms. The van der Waals surface area contributed by atoms with E-state index in [-0.39, 0.29) is 18.0 Å². The molecule has 1 aromatic carbocycles. The first kappa shape index (κ1) is 23.0. The molecular formula is C20H28N2O6. The molecular weight excluding hydrogens is 364 g/mol. The molecule has 0 bridgehead atoms. The Labute approximate surface area is 165 Å². The lowest BCUT2D eigenvalue weighted by atomic mass is 10.1. The zero-order valence-corrected chi connectivity index (χ0v) is 17.2. The zero-order valence-electron chi connectivity index (χ0n) is 17.2. The molecule has 2 amide bonds. The number of nitrogens with one attached hydrogen (secondary N) is 1. The second kappa shape index (κ2) is 10.3. The van der Waals surface area contributed by atoms with Gasteiger partial charge < -0.3 is 24.4 Å². The first-order valence-electron chi connectivity index (χ1n) is 8.67. The van der Waals surface area contributed by atoms with Gasteiger partial charge in [-0.1, -0.05) is 0 Å². The van der Waals surface area contributed by atoms with Crippen molar-refractivity contribution in [3.05, 3.63) is 29.8 Å². The molecule has 1 N–H and O–H groups in total. The van der Waals surface area contributed by atoms with E-state index < -0.39 is 18.5 Å². The Bertz CT molecular complexity index is 737. The molecule has 0 atom stereocenters. The van der Waals surface area contributed by atoms with Crippen molar-refractivity contribution in [2.75, 3.05) is 34.4 Å². The van der Waals surface area contributed by atoms with Crippen LogP contribution in [0.15, 0.2) is 24.3 Å². The molecule has 154 valence electrons. The van der Waals surface area contributed by atoms with Crippen LogP contribution in [-0.4, -0.2) is 62.6 Å². The van der Waals surface area contributed by atoms with Gasteiger partial charge in [-0.2, -0.15) is 0 Å². The summed E-state index contributed by atoms with van der Waals surface area (Å²) < 4.78 is 15.3. The smallest absolute Gasteiger partial charge is 0.331 e. The van der Waals surface area contributed by atoms with Gasteiger partial charge >= 0.3 is 5.97 Å². The Kier molecular flexibility index (Phi) is 8.50. The van der Waals surface area contributed by atoms with Gasteiger partial charge in [-0.05, 0) is 45.0 Å². The molecule has 1 rings (SSSR count). The lowest BCUT2D eigenvalue weighted by Crippen LogP contribution is -2.46. The van der Waals surface area contributed by atoms with Crippen molar-refractivity contribution < 1.29 is 28.6 Å². The van der Waals surface area contributed by atoms with Gasteiger partial charge in [0.25, 0.3) is 5.91 Å². The normalized spacial score (nSPS) is 11.1. The Morgan fingerprint density at radius 1 is 1.14 bits per heavy atom. The predicted molar refractivity (Wildman–Crippen MR) is 105 cm³/mol. The van der Waals surface area contributed by atoms with Crippen molar-refractivity contribution in [3.8, 4) is 11.5 Å². The second-order valence-electron chi connectivity index (χ2n) is 7.10. The number of hydrogen-bond donors (Lipinski definition) is 1. The summed E-state index contributed by atoms with van der Waals surface area (Å²) in [6.07, 6.45) is 2.70. The molecule has 0 aliphatic carbocycles. The van der Waals surface area contributed by atoms with Crippen LogP contribution in [0, 0.1) is 0 Å². The van der Waals surface area contributed by atoms with Gasteiger partial charge in [-0.25, -0.2) is 4.79 Å². The molecule has 1 aromatic rings. The Balaban J connectivity index is 2.57. The third-order valence-corrected chi connectivity index (χ3v) is 3.49. The average Bonchev–Trinajstić information content (AvgIpc) is 2.62. The molecule has 8 nitrogen and oxygen atoms in total. The van der Waals surface area contributed by atoms with E-state index in [1.54, 1.807) is 18.2 Å². The first-order valence-corrected chi connectivity index (χ1v) is 8.67.